The highest BCUT2D eigenvalue weighted by molar-refractivity contribution is 7.89. The summed E-state index contributed by atoms with van der Waals surface area (Å²) in [5.74, 6) is -1.27. The SMILES string of the molecule is CN(Cc1cccc2c1OCCOCCOCCN(C(C)(C)C(=O)OC(C)(C)C)S(=O)(=O)c1ccc(cc1)-c1cnc(N)c(n1)C(=O)N2)C(=O)OC(C)(C)C. The van der Waals surface area contributed by atoms with Gasteiger partial charge >= 0.3 is 12.1 Å². The molecule has 0 aliphatic carbocycles. The minimum atomic E-state index is -4.28. The number of fused-ring (bicyclic) bond motifs is 13. The lowest BCUT2D eigenvalue weighted by atomic mass is 10.1. The molecule has 0 atom stereocenters. The van der Waals surface area contributed by atoms with Crippen LogP contribution in [-0.4, -0.2) is 109 Å². The van der Waals surface area contributed by atoms with Crippen molar-refractivity contribution < 1.29 is 46.5 Å². The van der Waals surface area contributed by atoms with Crippen molar-refractivity contribution in [3.05, 3.63) is 59.9 Å². The second-order valence-electron chi connectivity index (χ2n) is 15.3. The van der Waals surface area contributed by atoms with E-state index in [0.717, 1.165) is 4.31 Å². The van der Waals surface area contributed by atoms with Gasteiger partial charge in [0.05, 0.1) is 55.4 Å². The lowest BCUT2D eigenvalue weighted by Crippen LogP contribution is -2.55. The average Bonchev–Trinajstić information content (AvgIpc) is 3.08. The first-order valence-corrected chi connectivity index (χ1v) is 19.2. The maximum Gasteiger partial charge on any atom is 0.410 e. The fraction of sp³-hybridized carbons (Fsp3) is 0.500. The lowest BCUT2D eigenvalue weighted by Gasteiger charge is -2.37. The summed E-state index contributed by atoms with van der Waals surface area (Å²) in [5, 5.41) is 2.81. The second-order valence-corrected chi connectivity index (χ2v) is 17.2. The Labute approximate surface area is 322 Å². The number of rotatable bonds is 4. The molecule has 300 valence electrons. The number of nitrogens with one attached hydrogen (secondary N) is 1. The van der Waals surface area contributed by atoms with E-state index in [-0.39, 0.29) is 73.9 Å². The van der Waals surface area contributed by atoms with Crippen molar-refractivity contribution in [3.8, 4) is 17.0 Å². The minimum Gasteiger partial charge on any atom is -0.489 e. The molecule has 0 radical (unpaired) electrons. The summed E-state index contributed by atoms with van der Waals surface area (Å²) in [5.41, 5.74) is 4.31. The van der Waals surface area contributed by atoms with Gasteiger partial charge in [-0.2, -0.15) is 4.31 Å². The van der Waals surface area contributed by atoms with Crippen LogP contribution in [0.15, 0.2) is 53.6 Å². The first kappa shape index (κ1) is 42.9. The number of hydrogen-bond donors (Lipinski definition) is 2. The monoisotopic (exact) mass is 784 g/mol. The summed E-state index contributed by atoms with van der Waals surface area (Å²) in [6.45, 7) is 13.7. The number of carbonyl (C=O) groups is 3. The number of nitrogens with zero attached hydrogens (tertiary/aromatic N) is 4. The summed E-state index contributed by atoms with van der Waals surface area (Å²) in [4.78, 5) is 49.8. The normalized spacial score (nSPS) is 16.3. The van der Waals surface area contributed by atoms with E-state index in [0.29, 0.717) is 16.9 Å². The standard InChI is InChI=1S/C38H52N6O10S/c1-36(2,3)53-34(46)38(7,8)44-17-18-50-19-20-51-21-22-52-31-26(24-43(9)35(47)54-37(4,5)6)11-10-12-28(31)42-33(45)30-32(39)40-23-29(41-30)25-13-15-27(16-14-25)55(44,48)49/h10-16,23H,17-22,24H2,1-9H3,(H2,39,40)(H,42,45). The van der Waals surface area contributed by atoms with Crippen LogP contribution in [0.4, 0.5) is 16.3 Å². The molecule has 4 bridgehead atoms. The molecule has 0 spiro atoms. The Bertz CT molecular complexity index is 1960. The molecule has 16 nitrogen and oxygen atoms in total. The van der Waals surface area contributed by atoms with Crippen molar-refractivity contribution >= 4 is 39.5 Å². The first-order chi connectivity index (χ1) is 25.6. The fourth-order valence-corrected chi connectivity index (χ4v) is 7.05. The maximum atomic E-state index is 14.1. The number of nitrogens with two attached hydrogens (primary N) is 1. The summed E-state index contributed by atoms with van der Waals surface area (Å²) in [7, 11) is -2.69. The highest BCUT2D eigenvalue weighted by Gasteiger charge is 2.45. The number of hydrogen-bond acceptors (Lipinski definition) is 13. The Balaban J connectivity index is 1.71. The average molecular weight is 785 g/mol. The quantitative estimate of drug-likeness (QED) is 0.268. The third-order valence-electron chi connectivity index (χ3n) is 8.02. The molecule has 2 aliphatic heterocycles. The van der Waals surface area contributed by atoms with Gasteiger partial charge in [0.1, 0.15) is 29.1 Å². The van der Waals surface area contributed by atoms with Crippen LogP contribution in [0.25, 0.3) is 11.3 Å². The van der Waals surface area contributed by atoms with Gasteiger partial charge in [0.2, 0.25) is 10.0 Å². The number of carbonyl (C=O) groups excluding carboxylic acids is 3. The van der Waals surface area contributed by atoms with Gasteiger partial charge in [0, 0.05) is 24.7 Å². The molecular formula is C38H52N6O10S. The maximum absolute atomic E-state index is 14.1. The number of benzene rings is 2. The Kier molecular flexibility index (Phi) is 13.5. The Morgan fingerprint density at radius 2 is 1.53 bits per heavy atom. The number of aromatic nitrogens is 2. The summed E-state index contributed by atoms with van der Waals surface area (Å²) >= 11 is 0. The lowest BCUT2D eigenvalue weighted by molar-refractivity contribution is -0.165. The molecule has 0 saturated heterocycles. The molecule has 0 fully saturated rings. The zero-order valence-corrected chi connectivity index (χ0v) is 33.7. The van der Waals surface area contributed by atoms with Gasteiger partial charge in [-0.05, 0) is 73.6 Å². The molecule has 3 heterocycles. The predicted molar refractivity (Wildman–Crippen MR) is 205 cm³/mol. The first-order valence-electron chi connectivity index (χ1n) is 17.7. The largest absolute Gasteiger partial charge is 0.489 e. The molecule has 2 aliphatic rings. The van der Waals surface area contributed by atoms with E-state index in [1.54, 1.807) is 66.8 Å². The number of para-hydroxylation sites is 1. The number of sulfonamides is 1. The molecular weight excluding hydrogens is 733 g/mol. The third-order valence-corrected chi connectivity index (χ3v) is 10.1. The highest BCUT2D eigenvalue weighted by atomic mass is 32.2. The highest BCUT2D eigenvalue weighted by Crippen LogP contribution is 2.32. The van der Waals surface area contributed by atoms with Crippen LogP contribution in [0.1, 0.15) is 71.4 Å². The molecule has 5 rings (SSSR count). The van der Waals surface area contributed by atoms with Gasteiger partial charge in [-0.3, -0.25) is 9.59 Å². The number of amides is 2. The van der Waals surface area contributed by atoms with Crippen LogP contribution in [-0.2, 0) is 40.3 Å². The number of anilines is 2. The Morgan fingerprint density at radius 1 is 0.909 bits per heavy atom. The van der Waals surface area contributed by atoms with Crippen molar-refractivity contribution in [2.75, 3.05) is 57.7 Å². The van der Waals surface area contributed by atoms with E-state index in [1.165, 1.54) is 49.2 Å². The molecule has 0 saturated carbocycles. The third kappa shape index (κ3) is 11.3. The van der Waals surface area contributed by atoms with Gasteiger partial charge < -0.3 is 39.6 Å². The Morgan fingerprint density at radius 3 is 2.16 bits per heavy atom. The zero-order chi connectivity index (χ0) is 40.8. The second kappa shape index (κ2) is 17.3. The van der Waals surface area contributed by atoms with Crippen LogP contribution in [0.5, 0.6) is 5.75 Å². The molecule has 55 heavy (non-hydrogen) atoms. The van der Waals surface area contributed by atoms with E-state index in [1.807, 2.05) is 0 Å². The molecule has 2 amide bonds. The van der Waals surface area contributed by atoms with Crippen molar-refractivity contribution in [3.63, 3.8) is 0 Å². The van der Waals surface area contributed by atoms with E-state index in [9.17, 15) is 22.8 Å². The molecule has 0 unspecified atom stereocenters. The van der Waals surface area contributed by atoms with Gasteiger partial charge in [-0.15, -0.1) is 0 Å². The molecule has 2 aromatic carbocycles. The summed E-state index contributed by atoms with van der Waals surface area (Å²) in [6.07, 6.45) is 0.822. The van der Waals surface area contributed by atoms with E-state index >= 15 is 0 Å². The van der Waals surface area contributed by atoms with Gasteiger partial charge in [0.15, 0.2) is 11.5 Å². The fourth-order valence-electron chi connectivity index (χ4n) is 5.33. The molecule has 17 heteroatoms. The van der Waals surface area contributed by atoms with Crippen molar-refractivity contribution in [1.29, 1.82) is 0 Å². The Hall–Kier alpha value is -4.84. The van der Waals surface area contributed by atoms with E-state index in [2.05, 4.69) is 15.3 Å². The van der Waals surface area contributed by atoms with E-state index in [4.69, 9.17) is 29.4 Å². The van der Waals surface area contributed by atoms with Crippen LogP contribution >= 0.6 is 0 Å². The number of ether oxygens (including phenoxy) is 5. The van der Waals surface area contributed by atoms with Crippen LogP contribution in [0, 0.1) is 0 Å². The topological polar surface area (TPSA) is 202 Å². The number of nitrogen functional groups attached to an aromatic ring is 1. The predicted octanol–water partition coefficient (Wildman–Crippen LogP) is 4.88. The summed E-state index contributed by atoms with van der Waals surface area (Å²) < 4.78 is 58.1. The van der Waals surface area contributed by atoms with Gasteiger partial charge in [-0.1, -0.05) is 24.3 Å². The van der Waals surface area contributed by atoms with Crippen LogP contribution in [0.2, 0.25) is 0 Å². The van der Waals surface area contributed by atoms with Crippen LogP contribution < -0.4 is 15.8 Å². The molecule has 1 aromatic heterocycles. The van der Waals surface area contributed by atoms with Gasteiger partial charge in [-0.25, -0.2) is 23.2 Å². The van der Waals surface area contributed by atoms with Crippen molar-refractivity contribution in [1.82, 2.24) is 19.2 Å². The molecule has 3 N–H and O–H groups in total. The number of esters is 1. The summed E-state index contributed by atoms with van der Waals surface area (Å²) in [6, 6.07) is 10.9. The molecule has 3 aromatic rings. The van der Waals surface area contributed by atoms with Crippen molar-refractivity contribution in [2.45, 2.75) is 83.6 Å². The van der Waals surface area contributed by atoms with E-state index < -0.39 is 44.7 Å². The minimum absolute atomic E-state index is 0.0468. The van der Waals surface area contributed by atoms with Crippen molar-refractivity contribution in [2.24, 2.45) is 0 Å². The van der Waals surface area contributed by atoms with Gasteiger partial charge in [0.25, 0.3) is 5.91 Å². The zero-order valence-electron chi connectivity index (χ0n) is 32.9. The van der Waals surface area contributed by atoms with Crippen LogP contribution in [0.3, 0.4) is 0 Å². The smallest absolute Gasteiger partial charge is 0.410 e.